The number of benzene rings is 1. The third kappa shape index (κ3) is 2.24. The van der Waals surface area contributed by atoms with Gasteiger partial charge in [0.1, 0.15) is 0 Å². The number of carbonyl (C=O) groups is 2. The lowest BCUT2D eigenvalue weighted by molar-refractivity contribution is -0.125. The molecule has 1 aromatic carbocycles. The molecule has 1 aliphatic heterocycles. The van der Waals surface area contributed by atoms with Crippen molar-refractivity contribution in [3.05, 3.63) is 59.7 Å². The van der Waals surface area contributed by atoms with E-state index in [0.29, 0.717) is 0 Å². The fourth-order valence-corrected chi connectivity index (χ4v) is 2.75. The van der Waals surface area contributed by atoms with Gasteiger partial charge in [0.05, 0.1) is 11.8 Å². The average molecular weight is 253 g/mol. The summed E-state index contributed by atoms with van der Waals surface area (Å²) in [5, 5.41) is 2.42. The topological polar surface area (TPSA) is 46.2 Å². The van der Waals surface area contributed by atoms with Gasteiger partial charge in [0.25, 0.3) is 0 Å². The van der Waals surface area contributed by atoms with Gasteiger partial charge in [0, 0.05) is 0 Å². The number of amides is 2. The molecule has 2 unspecified atom stereocenters. The molecule has 1 aliphatic carbocycles. The van der Waals surface area contributed by atoms with Crippen LogP contribution < -0.4 is 5.32 Å². The van der Waals surface area contributed by atoms with Crippen molar-refractivity contribution in [2.24, 2.45) is 11.8 Å². The molecular weight excluding hydrogens is 238 g/mol. The van der Waals surface area contributed by atoms with E-state index in [9.17, 15) is 9.59 Å². The lowest BCUT2D eigenvalue weighted by Crippen LogP contribution is -2.23. The van der Waals surface area contributed by atoms with Crippen LogP contribution >= 0.6 is 0 Å². The van der Waals surface area contributed by atoms with Gasteiger partial charge < -0.3 is 0 Å². The van der Waals surface area contributed by atoms with Crippen molar-refractivity contribution in [2.45, 2.75) is 12.8 Å². The molecule has 0 aromatic heterocycles. The predicted molar refractivity (Wildman–Crippen MR) is 72.1 cm³/mol. The van der Waals surface area contributed by atoms with Crippen LogP contribution in [0.5, 0.6) is 0 Å². The van der Waals surface area contributed by atoms with Crippen molar-refractivity contribution >= 4 is 11.8 Å². The molecule has 2 aliphatic rings. The number of hydrogen-bond donors (Lipinski definition) is 1. The zero-order valence-electron chi connectivity index (χ0n) is 10.5. The van der Waals surface area contributed by atoms with Gasteiger partial charge in [0.2, 0.25) is 11.8 Å². The van der Waals surface area contributed by atoms with Gasteiger partial charge in [-0.15, -0.1) is 0 Å². The summed E-state index contributed by atoms with van der Waals surface area (Å²) < 4.78 is 0. The quantitative estimate of drug-likeness (QED) is 0.647. The second-order valence-electron chi connectivity index (χ2n) is 4.96. The molecule has 1 fully saturated rings. The maximum atomic E-state index is 11.8. The summed E-state index contributed by atoms with van der Waals surface area (Å²) in [6.07, 6.45) is 7.49. The lowest BCUT2D eigenvalue weighted by Gasteiger charge is -2.19. The Morgan fingerprint density at radius 1 is 1.16 bits per heavy atom. The standard InChI is InChI=1S/C16H15NO2/c18-15-13-8-4-7-12(14(13)16(19)17-15)10-9-11-5-2-1-3-6-11/h1-6,8,10,13-14H,7,9H2,(H,17,18,19)/b12-10+. The first-order chi connectivity index (χ1) is 9.25. The van der Waals surface area contributed by atoms with E-state index in [1.165, 1.54) is 5.56 Å². The summed E-state index contributed by atoms with van der Waals surface area (Å²) >= 11 is 0. The number of fused-ring (bicyclic) bond motifs is 1. The highest BCUT2D eigenvalue weighted by Crippen LogP contribution is 2.34. The highest BCUT2D eigenvalue weighted by molar-refractivity contribution is 6.07. The zero-order valence-corrected chi connectivity index (χ0v) is 10.5. The van der Waals surface area contributed by atoms with Crippen LogP contribution in [-0.4, -0.2) is 11.8 Å². The SMILES string of the molecule is O=C1NC(=O)C2/C(=C/Cc3ccccc3)CC=CC12. The second kappa shape index (κ2) is 4.84. The first-order valence-corrected chi connectivity index (χ1v) is 6.50. The summed E-state index contributed by atoms with van der Waals surface area (Å²) in [5.74, 6) is -0.917. The number of hydrogen-bond acceptors (Lipinski definition) is 2. The summed E-state index contributed by atoms with van der Waals surface area (Å²) in [5.41, 5.74) is 2.27. The molecule has 2 amide bonds. The fraction of sp³-hybridized carbons (Fsp3) is 0.250. The first-order valence-electron chi connectivity index (χ1n) is 6.50. The van der Waals surface area contributed by atoms with Crippen molar-refractivity contribution < 1.29 is 9.59 Å². The number of nitrogens with one attached hydrogen (secondary N) is 1. The van der Waals surface area contributed by atoms with Crippen molar-refractivity contribution in [1.29, 1.82) is 0 Å². The number of rotatable bonds is 2. The van der Waals surface area contributed by atoms with Crippen molar-refractivity contribution in [3.63, 3.8) is 0 Å². The normalized spacial score (nSPS) is 27.5. The molecular formula is C16H15NO2. The van der Waals surface area contributed by atoms with Crippen LogP contribution in [0.25, 0.3) is 0 Å². The molecule has 0 radical (unpaired) electrons. The van der Waals surface area contributed by atoms with Crippen LogP contribution in [0.2, 0.25) is 0 Å². The predicted octanol–water partition coefficient (Wildman–Crippen LogP) is 2.00. The Morgan fingerprint density at radius 3 is 2.74 bits per heavy atom. The van der Waals surface area contributed by atoms with Gasteiger partial charge in [-0.25, -0.2) is 0 Å². The van der Waals surface area contributed by atoms with E-state index >= 15 is 0 Å². The Hall–Kier alpha value is -2.16. The first kappa shape index (κ1) is 11.9. The van der Waals surface area contributed by atoms with Crippen LogP contribution in [0.15, 0.2) is 54.1 Å². The van der Waals surface area contributed by atoms with Crippen LogP contribution in [-0.2, 0) is 16.0 Å². The number of imide groups is 1. The van der Waals surface area contributed by atoms with Gasteiger partial charge in [-0.3, -0.25) is 14.9 Å². The van der Waals surface area contributed by atoms with Gasteiger partial charge in [-0.05, 0) is 18.4 Å². The molecule has 3 heteroatoms. The fourth-order valence-electron chi connectivity index (χ4n) is 2.75. The van der Waals surface area contributed by atoms with E-state index in [2.05, 4.69) is 23.5 Å². The van der Waals surface area contributed by atoms with Crippen molar-refractivity contribution in [1.82, 2.24) is 5.32 Å². The maximum Gasteiger partial charge on any atom is 0.234 e. The Balaban J connectivity index is 1.83. The molecule has 0 bridgehead atoms. The van der Waals surface area contributed by atoms with Crippen LogP contribution in [0.3, 0.4) is 0 Å². The molecule has 1 aromatic rings. The van der Waals surface area contributed by atoms with Crippen LogP contribution in [0.1, 0.15) is 12.0 Å². The van der Waals surface area contributed by atoms with E-state index in [1.807, 2.05) is 30.4 Å². The molecule has 3 nitrogen and oxygen atoms in total. The number of carbonyl (C=O) groups excluding carboxylic acids is 2. The second-order valence-corrected chi connectivity index (χ2v) is 4.96. The van der Waals surface area contributed by atoms with E-state index in [4.69, 9.17) is 0 Å². The van der Waals surface area contributed by atoms with Crippen LogP contribution in [0, 0.1) is 11.8 Å². The third-order valence-electron chi connectivity index (χ3n) is 3.73. The molecule has 0 saturated carbocycles. The van der Waals surface area contributed by atoms with Crippen molar-refractivity contribution in [3.8, 4) is 0 Å². The summed E-state index contributed by atoms with van der Waals surface area (Å²) in [6, 6.07) is 10.1. The Morgan fingerprint density at radius 2 is 1.95 bits per heavy atom. The van der Waals surface area contributed by atoms with E-state index in [0.717, 1.165) is 18.4 Å². The molecule has 3 rings (SSSR count). The molecule has 96 valence electrons. The minimum atomic E-state index is -0.303. The summed E-state index contributed by atoms with van der Waals surface area (Å²) in [7, 11) is 0. The molecule has 1 N–H and O–H groups in total. The van der Waals surface area contributed by atoms with Gasteiger partial charge >= 0.3 is 0 Å². The molecule has 1 heterocycles. The Kier molecular flexibility index (Phi) is 3.03. The van der Waals surface area contributed by atoms with E-state index in [1.54, 1.807) is 0 Å². The van der Waals surface area contributed by atoms with Gasteiger partial charge in [0.15, 0.2) is 0 Å². The smallest absolute Gasteiger partial charge is 0.234 e. The number of allylic oxidation sites excluding steroid dienone is 2. The zero-order chi connectivity index (χ0) is 13.2. The average Bonchev–Trinajstić information content (AvgIpc) is 2.74. The molecule has 19 heavy (non-hydrogen) atoms. The van der Waals surface area contributed by atoms with Gasteiger partial charge in [-0.2, -0.15) is 0 Å². The molecule has 1 saturated heterocycles. The highest BCUT2D eigenvalue weighted by Gasteiger charge is 2.42. The molecule has 2 atom stereocenters. The van der Waals surface area contributed by atoms with Crippen molar-refractivity contribution in [2.75, 3.05) is 0 Å². The third-order valence-corrected chi connectivity index (χ3v) is 3.73. The highest BCUT2D eigenvalue weighted by atomic mass is 16.2. The lowest BCUT2D eigenvalue weighted by atomic mass is 9.81. The Bertz CT molecular complexity index is 572. The van der Waals surface area contributed by atoms with Crippen LogP contribution in [0.4, 0.5) is 0 Å². The largest absolute Gasteiger partial charge is 0.295 e. The maximum absolute atomic E-state index is 11.8. The van der Waals surface area contributed by atoms with E-state index in [-0.39, 0.29) is 23.7 Å². The van der Waals surface area contributed by atoms with Gasteiger partial charge in [-0.1, -0.05) is 54.1 Å². The minimum Gasteiger partial charge on any atom is -0.295 e. The summed E-state index contributed by atoms with van der Waals surface area (Å²) in [4.78, 5) is 23.5. The minimum absolute atomic E-state index is 0.154. The van der Waals surface area contributed by atoms with E-state index < -0.39 is 0 Å². The summed E-state index contributed by atoms with van der Waals surface area (Å²) in [6.45, 7) is 0. The molecule has 0 spiro atoms. The monoisotopic (exact) mass is 253 g/mol. The Labute approximate surface area is 112 Å².